The zero-order chi connectivity index (χ0) is 21.8. The predicted molar refractivity (Wildman–Crippen MR) is 109 cm³/mol. The van der Waals surface area contributed by atoms with Gasteiger partial charge in [-0.2, -0.15) is 0 Å². The minimum atomic E-state index is -0.702. The third-order valence-electron chi connectivity index (χ3n) is 5.21. The van der Waals surface area contributed by atoms with Crippen LogP contribution >= 0.6 is 0 Å². The molecule has 1 aliphatic heterocycles. The quantitative estimate of drug-likeness (QED) is 0.350. The first-order valence-electron chi connectivity index (χ1n) is 9.99. The third-order valence-corrected chi connectivity index (χ3v) is 5.21. The number of amides is 1. The summed E-state index contributed by atoms with van der Waals surface area (Å²) in [5.41, 5.74) is 0.749. The van der Waals surface area contributed by atoms with Crippen molar-refractivity contribution in [1.82, 2.24) is 4.90 Å². The number of benzene rings is 2. The van der Waals surface area contributed by atoms with Gasteiger partial charge in [0, 0.05) is 17.7 Å². The highest BCUT2D eigenvalue weighted by atomic mass is 19.1. The van der Waals surface area contributed by atoms with Crippen molar-refractivity contribution in [1.29, 1.82) is 0 Å². The van der Waals surface area contributed by atoms with E-state index in [0.29, 0.717) is 24.1 Å². The SMILES string of the molecule is O=C(c1ccc(F)cc1)c1ccc(OC(=O)C2CCCCN2C(=O)c2ccco2)cc1. The largest absolute Gasteiger partial charge is 0.459 e. The Morgan fingerprint density at radius 2 is 1.61 bits per heavy atom. The van der Waals surface area contributed by atoms with Crippen molar-refractivity contribution < 1.29 is 27.9 Å². The number of esters is 1. The Kier molecular flexibility index (Phi) is 5.93. The van der Waals surface area contributed by atoms with Crippen molar-refractivity contribution in [3.8, 4) is 5.75 Å². The number of carbonyl (C=O) groups is 3. The number of halogens is 1. The molecule has 0 bridgehead atoms. The van der Waals surface area contributed by atoms with Crippen molar-refractivity contribution in [3.63, 3.8) is 0 Å². The molecule has 0 N–H and O–H groups in total. The van der Waals surface area contributed by atoms with E-state index in [1.54, 1.807) is 24.3 Å². The fourth-order valence-corrected chi connectivity index (χ4v) is 3.59. The second kappa shape index (κ2) is 8.95. The zero-order valence-corrected chi connectivity index (χ0v) is 16.6. The van der Waals surface area contributed by atoms with E-state index < -0.39 is 17.8 Å². The minimum Gasteiger partial charge on any atom is -0.459 e. The second-order valence-corrected chi connectivity index (χ2v) is 7.27. The van der Waals surface area contributed by atoms with E-state index in [9.17, 15) is 18.8 Å². The molecular formula is C24H20FNO5. The molecule has 1 atom stereocenters. The molecule has 2 heterocycles. The number of ether oxygens (including phenoxy) is 1. The van der Waals surface area contributed by atoms with Crippen LogP contribution in [0.2, 0.25) is 0 Å². The number of hydrogen-bond donors (Lipinski definition) is 0. The Morgan fingerprint density at radius 3 is 2.26 bits per heavy atom. The van der Waals surface area contributed by atoms with Crippen LogP contribution in [0.25, 0.3) is 0 Å². The van der Waals surface area contributed by atoms with Crippen LogP contribution in [-0.4, -0.2) is 35.1 Å². The van der Waals surface area contributed by atoms with Crippen LogP contribution in [0.5, 0.6) is 5.75 Å². The lowest BCUT2D eigenvalue weighted by Gasteiger charge is -2.33. The van der Waals surface area contributed by atoms with Gasteiger partial charge in [0.2, 0.25) is 0 Å². The van der Waals surface area contributed by atoms with E-state index >= 15 is 0 Å². The van der Waals surface area contributed by atoms with E-state index in [0.717, 1.165) is 12.8 Å². The topological polar surface area (TPSA) is 76.8 Å². The average molecular weight is 421 g/mol. The van der Waals surface area contributed by atoms with Gasteiger partial charge in [-0.1, -0.05) is 0 Å². The summed E-state index contributed by atoms with van der Waals surface area (Å²) in [6.07, 6.45) is 3.54. The summed E-state index contributed by atoms with van der Waals surface area (Å²) >= 11 is 0. The summed E-state index contributed by atoms with van der Waals surface area (Å²) in [6, 6.07) is 13.9. The fourth-order valence-electron chi connectivity index (χ4n) is 3.59. The molecule has 0 radical (unpaired) electrons. The molecule has 0 spiro atoms. The Labute approximate surface area is 178 Å². The molecular weight excluding hydrogens is 401 g/mol. The molecule has 1 amide bonds. The van der Waals surface area contributed by atoms with Gasteiger partial charge in [0.15, 0.2) is 11.5 Å². The Morgan fingerprint density at radius 1 is 0.935 bits per heavy atom. The van der Waals surface area contributed by atoms with E-state index in [2.05, 4.69) is 0 Å². The van der Waals surface area contributed by atoms with E-state index in [-0.39, 0.29) is 23.2 Å². The van der Waals surface area contributed by atoms with Crippen LogP contribution in [0.1, 0.15) is 45.7 Å². The zero-order valence-electron chi connectivity index (χ0n) is 16.6. The summed E-state index contributed by atoms with van der Waals surface area (Å²) in [5.74, 6) is -1.09. The normalized spacial score (nSPS) is 16.0. The highest BCUT2D eigenvalue weighted by Crippen LogP contribution is 2.23. The Bertz CT molecular complexity index is 1070. The maximum absolute atomic E-state index is 13.0. The Balaban J connectivity index is 1.44. The lowest BCUT2D eigenvalue weighted by molar-refractivity contribution is -0.140. The first kappa shape index (κ1) is 20.5. The monoisotopic (exact) mass is 421 g/mol. The van der Waals surface area contributed by atoms with Crippen molar-refractivity contribution in [2.75, 3.05) is 6.54 Å². The molecule has 7 heteroatoms. The molecule has 1 aliphatic rings. The summed E-state index contributed by atoms with van der Waals surface area (Å²) < 4.78 is 23.7. The Hall–Kier alpha value is -3.74. The summed E-state index contributed by atoms with van der Waals surface area (Å²) in [6.45, 7) is 0.449. The number of furan rings is 1. The van der Waals surface area contributed by atoms with Gasteiger partial charge < -0.3 is 14.1 Å². The highest BCUT2D eigenvalue weighted by molar-refractivity contribution is 6.09. The summed E-state index contributed by atoms with van der Waals surface area (Å²) in [7, 11) is 0. The van der Waals surface area contributed by atoms with Crippen LogP contribution in [0, 0.1) is 5.82 Å². The number of nitrogens with zero attached hydrogens (tertiary/aromatic N) is 1. The molecule has 1 saturated heterocycles. The number of hydrogen-bond acceptors (Lipinski definition) is 5. The molecule has 0 saturated carbocycles. The maximum atomic E-state index is 13.0. The predicted octanol–water partition coefficient (Wildman–Crippen LogP) is 4.25. The van der Waals surface area contributed by atoms with Gasteiger partial charge >= 0.3 is 5.97 Å². The van der Waals surface area contributed by atoms with Crippen LogP contribution in [0.4, 0.5) is 4.39 Å². The van der Waals surface area contributed by atoms with Crippen molar-refractivity contribution in [2.45, 2.75) is 25.3 Å². The molecule has 1 unspecified atom stereocenters. The van der Waals surface area contributed by atoms with Crippen molar-refractivity contribution in [3.05, 3.63) is 89.6 Å². The number of likely N-dealkylation sites (tertiary alicyclic amines) is 1. The number of piperidine rings is 1. The minimum absolute atomic E-state index is 0.184. The summed E-state index contributed by atoms with van der Waals surface area (Å²) in [5, 5.41) is 0. The maximum Gasteiger partial charge on any atom is 0.334 e. The molecule has 3 aromatic rings. The van der Waals surface area contributed by atoms with Gasteiger partial charge in [0.25, 0.3) is 5.91 Å². The van der Waals surface area contributed by atoms with Gasteiger partial charge in [-0.25, -0.2) is 9.18 Å². The van der Waals surface area contributed by atoms with Gasteiger partial charge in [-0.15, -0.1) is 0 Å². The molecule has 158 valence electrons. The van der Waals surface area contributed by atoms with E-state index in [1.165, 1.54) is 47.6 Å². The molecule has 31 heavy (non-hydrogen) atoms. The average Bonchev–Trinajstić information content (AvgIpc) is 3.34. The first-order valence-corrected chi connectivity index (χ1v) is 9.99. The van der Waals surface area contributed by atoms with Gasteiger partial charge in [-0.3, -0.25) is 9.59 Å². The van der Waals surface area contributed by atoms with Gasteiger partial charge in [-0.05, 0) is 79.9 Å². The first-order chi connectivity index (χ1) is 15.0. The van der Waals surface area contributed by atoms with Crippen LogP contribution in [-0.2, 0) is 4.79 Å². The number of rotatable bonds is 5. The third kappa shape index (κ3) is 4.55. The van der Waals surface area contributed by atoms with E-state index in [4.69, 9.17) is 9.15 Å². The number of carbonyl (C=O) groups excluding carboxylic acids is 3. The van der Waals surface area contributed by atoms with Crippen molar-refractivity contribution in [2.24, 2.45) is 0 Å². The van der Waals surface area contributed by atoms with Crippen LogP contribution in [0.3, 0.4) is 0 Å². The smallest absolute Gasteiger partial charge is 0.334 e. The lowest BCUT2D eigenvalue weighted by Crippen LogP contribution is -2.49. The molecule has 4 rings (SSSR count). The summed E-state index contributed by atoms with van der Waals surface area (Å²) in [4.78, 5) is 39.4. The van der Waals surface area contributed by atoms with Gasteiger partial charge in [0.05, 0.1) is 6.26 Å². The fraction of sp³-hybridized carbons (Fsp3) is 0.208. The van der Waals surface area contributed by atoms with Crippen LogP contribution in [0.15, 0.2) is 71.3 Å². The molecule has 0 aliphatic carbocycles. The van der Waals surface area contributed by atoms with Gasteiger partial charge in [0.1, 0.15) is 17.6 Å². The van der Waals surface area contributed by atoms with Crippen LogP contribution < -0.4 is 4.74 Å². The molecule has 6 nitrogen and oxygen atoms in total. The molecule has 2 aromatic carbocycles. The van der Waals surface area contributed by atoms with E-state index in [1.807, 2.05) is 0 Å². The van der Waals surface area contributed by atoms with Crippen molar-refractivity contribution >= 4 is 17.7 Å². The lowest BCUT2D eigenvalue weighted by atomic mass is 10.0. The highest BCUT2D eigenvalue weighted by Gasteiger charge is 2.35. The molecule has 1 aromatic heterocycles. The standard InChI is InChI=1S/C24H20FNO5/c25-18-10-6-16(7-11-18)22(27)17-8-12-19(13-9-17)31-24(29)20-4-1-2-14-26(20)23(28)21-5-3-15-30-21/h3,5-13,15,20H,1-2,4,14H2. The second-order valence-electron chi connectivity index (χ2n) is 7.27. The number of ketones is 1. The molecule has 1 fully saturated rings.